The van der Waals surface area contributed by atoms with Crippen LogP contribution < -0.4 is 10.8 Å². The van der Waals surface area contributed by atoms with Crippen LogP contribution in [0, 0.1) is 5.92 Å². The SMILES string of the molecule is CCCCC(CCCC(=O)NO)CCC(=O)Nc1ccccc1. The predicted octanol–water partition coefficient (Wildman–Crippen LogP) is 3.89. The Kier molecular flexibility index (Phi) is 9.71. The molecular formula is C18H28N2O3. The summed E-state index contributed by atoms with van der Waals surface area (Å²) in [4.78, 5) is 23.1. The van der Waals surface area contributed by atoms with Crippen molar-refractivity contribution in [3.8, 4) is 0 Å². The van der Waals surface area contributed by atoms with Gasteiger partial charge in [0.1, 0.15) is 0 Å². The normalized spacial score (nSPS) is 11.7. The number of anilines is 1. The van der Waals surface area contributed by atoms with Crippen molar-refractivity contribution in [3.05, 3.63) is 30.3 Å². The van der Waals surface area contributed by atoms with Crippen LogP contribution in [0.1, 0.15) is 58.3 Å². The number of hydrogen-bond donors (Lipinski definition) is 3. The lowest BCUT2D eigenvalue weighted by molar-refractivity contribution is -0.129. The molecule has 0 spiro atoms. The second-order valence-corrected chi connectivity index (χ2v) is 5.89. The van der Waals surface area contributed by atoms with Crippen molar-refractivity contribution in [1.29, 1.82) is 0 Å². The number of nitrogens with one attached hydrogen (secondary N) is 2. The summed E-state index contributed by atoms with van der Waals surface area (Å²) < 4.78 is 0. The molecular weight excluding hydrogens is 292 g/mol. The molecule has 0 aliphatic rings. The number of unbranched alkanes of at least 4 members (excludes halogenated alkanes) is 1. The number of carbonyl (C=O) groups is 2. The highest BCUT2D eigenvalue weighted by Crippen LogP contribution is 2.22. The molecule has 5 heteroatoms. The van der Waals surface area contributed by atoms with E-state index in [9.17, 15) is 9.59 Å². The monoisotopic (exact) mass is 320 g/mol. The second kappa shape index (κ2) is 11.7. The van der Waals surface area contributed by atoms with Crippen LogP contribution in [0.15, 0.2) is 30.3 Å². The summed E-state index contributed by atoms with van der Waals surface area (Å²) in [6, 6.07) is 9.46. The number of carbonyl (C=O) groups excluding carboxylic acids is 2. The average Bonchev–Trinajstić information content (AvgIpc) is 2.57. The van der Waals surface area contributed by atoms with Crippen LogP contribution in [0.4, 0.5) is 5.69 Å². The number of benzene rings is 1. The Morgan fingerprint density at radius 3 is 2.35 bits per heavy atom. The molecule has 1 unspecified atom stereocenters. The number of amides is 2. The third-order valence-electron chi connectivity index (χ3n) is 3.94. The van der Waals surface area contributed by atoms with E-state index in [4.69, 9.17) is 5.21 Å². The van der Waals surface area contributed by atoms with Gasteiger partial charge in [0.25, 0.3) is 0 Å². The van der Waals surface area contributed by atoms with Crippen LogP contribution in [0.3, 0.4) is 0 Å². The van der Waals surface area contributed by atoms with Gasteiger partial charge in [0, 0.05) is 18.5 Å². The molecule has 0 aliphatic carbocycles. The summed E-state index contributed by atoms with van der Waals surface area (Å²) in [5, 5.41) is 11.4. The maximum atomic E-state index is 12.0. The zero-order valence-electron chi connectivity index (χ0n) is 13.9. The Morgan fingerprint density at radius 2 is 1.70 bits per heavy atom. The fraction of sp³-hybridized carbons (Fsp3) is 0.556. The summed E-state index contributed by atoms with van der Waals surface area (Å²) in [5.74, 6) is 0.134. The van der Waals surface area contributed by atoms with Gasteiger partial charge in [-0.3, -0.25) is 14.8 Å². The lowest BCUT2D eigenvalue weighted by Crippen LogP contribution is -2.18. The van der Waals surface area contributed by atoms with Crippen LogP contribution in [-0.4, -0.2) is 17.0 Å². The Bertz CT molecular complexity index is 463. The molecule has 0 saturated heterocycles. The van der Waals surface area contributed by atoms with E-state index < -0.39 is 0 Å². The van der Waals surface area contributed by atoms with Crippen molar-refractivity contribution in [1.82, 2.24) is 5.48 Å². The molecule has 0 aromatic heterocycles. The van der Waals surface area contributed by atoms with Gasteiger partial charge in [0.2, 0.25) is 11.8 Å². The first kappa shape index (κ1) is 19.2. The van der Waals surface area contributed by atoms with Crippen molar-refractivity contribution in [3.63, 3.8) is 0 Å². The average molecular weight is 320 g/mol. The van der Waals surface area contributed by atoms with Crippen LogP contribution in [0.2, 0.25) is 0 Å². The topological polar surface area (TPSA) is 78.4 Å². The lowest BCUT2D eigenvalue weighted by Gasteiger charge is -2.16. The van der Waals surface area contributed by atoms with Crippen molar-refractivity contribution in [2.24, 2.45) is 5.92 Å². The fourth-order valence-corrected chi connectivity index (χ4v) is 2.61. The minimum Gasteiger partial charge on any atom is -0.326 e. The fourth-order valence-electron chi connectivity index (χ4n) is 2.61. The molecule has 1 rings (SSSR count). The van der Waals surface area contributed by atoms with Crippen LogP contribution in [-0.2, 0) is 9.59 Å². The van der Waals surface area contributed by atoms with Gasteiger partial charge in [0.05, 0.1) is 0 Å². The number of hydrogen-bond acceptors (Lipinski definition) is 3. The molecule has 0 fully saturated rings. The molecule has 0 bridgehead atoms. The van der Waals surface area contributed by atoms with E-state index in [1.165, 1.54) is 0 Å². The van der Waals surface area contributed by atoms with Crippen molar-refractivity contribution < 1.29 is 14.8 Å². The molecule has 0 radical (unpaired) electrons. The highest BCUT2D eigenvalue weighted by molar-refractivity contribution is 5.90. The summed E-state index contributed by atoms with van der Waals surface area (Å²) >= 11 is 0. The Morgan fingerprint density at radius 1 is 1.00 bits per heavy atom. The minimum atomic E-state index is -0.346. The maximum absolute atomic E-state index is 12.0. The van der Waals surface area contributed by atoms with E-state index in [0.717, 1.165) is 44.2 Å². The molecule has 1 atom stereocenters. The first-order valence-corrected chi connectivity index (χ1v) is 8.43. The molecule has 5 nitrogen and oxygen atoms in total. The first-order valence-electron chi connectivity index (χ1n) is 8.43. The highest BCUT2D eigenvalue weighted by Gasteiger charge is 2.12. The van der Waals surface area contributed by atoms with E-state index in [2.05, 4.69) is 12.2 Å². The van der Waals surface area contributed by atoms with Crippen LogP contribution in [0.25, 0.3) is 0 Å². The van der Waals surface area contributed by atoms with E-state index in [1.54, 1.807) is 5.48 Å². The lowest BCUT2D eigenvalue weighted by atomic mass is 9.91. The number of hydroxylamine groups is 1. The van der Waals surface area contributed by atoms with Gasteiger partial charge in [-0.15, -0.1) is 0 Å². The zero-order chi connectivity index (χ0) is 16.9. The summed E-state index contributed by atoms with van der Waals surface area (Å²) in [6.45, 7) is 2.15. The first-order chi connectivity index (χ1) is 11.2. The molecule has 0 saturated carbocycles. The molecule has 3 N–H and O–H groups in total. The van der Waals surface area contributed by atoms with E-state index in [0.29, 0.717) is 18.8 Å². The molecule has 1 aromatic rings. The molecule has 23 heavy (non-hydrogen) atoms. The second-order valence-electron chi connectivity index (χ2n) is 5.89. The van der Waals surface area contributed by atoms with Gasteiger partial charge >= 0.3 is 0 Å². The Balaban J connectivity index is 2.34. The third kappa shape index (κ3) is 8.98. The van der Waals surface area contributed by atoms with Gasteiger partial charge in [-0.2, -0.15) is 0 Å². The molecule has 1 aromatic carbocycles. The van der Waals surface area contributed by atoms with Crippen molar-refractivity contribution in [2.45, 2.75) is 58.3 Å². The van der Waals surface area contributed by atoms with Crippen LogP contribution in [0.5, 0.6) is 0 Å². The molecule has 128 valence electrons. The standard InChI is InChI=1S/C18H28N2O3/c1-2-3-8-15(9-7-12-18(22)20-23)13-14-17(21)19-16-10-5-4-6-11-16/h4-6,10-11,15,23H,2-3,7-9,12-14H2,1H3,(H,19,21)(H,20,22). The van der Waals surface area contributed by atoms with Crippen molar-refractivity contribution in [2.75, 3.05) is 5.32 Å². The highest BCUT2D eigenvalue weighted by atomic mass is 16.5. The number of rotatable bonds is 11. The summed E-state index contributed by atoms with van der Waals surface area (Å²) in [7, 11) is 0. The maximum Gasteiger partial charge on any atom is 0.243 e. The molecule has 0 aliphatic heterocycles. The Hall–Kier alpha value is -1.88. The van der Waals surface area contributed by atoms with Gasteiger partial charge in [0.15, 0.2) is 0 Å². The smallest absolute Gasteiger partial charge is 0.243 e. The predicted molar refractivity (Wildman–Crippen MR) is 91.1 cm³/mol. The van der Waals surface area contributed by atoms with Gasteiger partial charge in [-0.05, 0) is 37.3 Å². The summed E-state index contributed by atoms with van der Waals surface area (Å²) in [6.07, 6.45) is 6.65. The largest absolute Gasteiger partial charge is 0.326 e. The van der Waals surface area contributed by atoms with E-state index in [-0.39, 0.29) is 11.8 Å². The van der Waals surface area contributed by atoms with Gasteiger partial charge < -0.3 is 5.32 Å². The third-order valence-corrected chi connectivity index (χ3v) is 3.94. The van der Waals surface area contributed by atoms with Crippen molar-refractivity contribution >= 4 is 17.5 Å². The molecule has 2 amide bonds. The quantitative estimate of drug-likeness (QED) is 0.427. The molecule has 0 heterocycles. The van der Waals surface area contributed by atoms with E-state index in [1.807, 2.05) is 30.3 Å². The van der Waals surface area contributed by atoms with E-state index >= 15 is 0 Å². The van der Waals surface area contributed by atoms with Gasteiger partial charge in [-0.1, -0.05) is 44.4 Å². The number of para-hydroxylation sites is 1. The minimum absolute atomic E-state index is 0.0331. The zero-order valence-corrected chi connectivity index (χ0v) is 13.9. The Labute approximate surface area is 138 Å². The van der Waals surface area contributed by atoms with Gasteiger partial charge in [-0.25, -0.2) is 5.48 Å². The summed E-state index contributed by atoms with van der Waals surface area (Å²) in [5.41, 5.74) is 2.48. The van der Waals surface area contributed by atoms with Crippen LogP contribution >= 0.6 is 0 Å².